The Hall–Kier alpha value is -2.58. The highest BCUT2D eigenvalue weighted by Crippen LogP contribution is 2.27. The molecule has 0 bridgehead atoms. The molecule has 6 heteroatoms. The maximum Gasteiger partial charge on any atom is 0.314 e. The summed E-state index contributed by atoms with van der Waals surface area (Å²) in [4.78, 5) is 16.0. The summed E-state index contributed by atoms with van der Waals surface area (Å²) < 4.78 is 10.5. The van der Waals surface area contributed by atoms with Gasteiger partial charge in [-0.1, -0.05) is 18.5 Å². The molecule has 2 aromatic rings. The predicted molar refractivity (Wildman–Crippen MR) is 100 cm³/mol. The SMILES string of the molecule is CCc1cc(-c2ccc(OCC(C)(C)C(=O)OC)cc2)nc(Cl)c1C#N. The van der Waals surface area contributed by atoms with Crippen LogP contribution in [0.5, 0.6) is 5.75 Å². The molecule has 0 fully saturated rings. The molecule has 0 atom stereocenters. The topological polar surface area (TPSA) is 72.2 Å². The molecular formula is C20H21ClN2O3. The van der Waals surface area contributed by atoms with Gasteiger partial charge in [0, 0.05) is 5.56 Å². The van der Waals surface area contributed by atoms with Gasteiger partial charge in [-0.3, -0.25) is 4.79 Å². The maximum atomic E-state index is 11.7. The van der Waals surface area contributed by atoms with Crippen molar-refractivity contribution in [1.82, 2.24) is 4.98 Å². The number of pyridine rings is 1. The van der Waals surface area contributed by atoms with E-state index in [9.17, 15) is 10.1 Å². The molecule has 1 aromatic heterocycles. The fourth-order valence-electron chi connectivity index (χ4n) is 2.43. The van der Waals surface area contributed by atoms with Crippen LogP contribution in [-0.4, -0.2) is 24.7 Å². The second kappa shape index (κ2) is 8.20. The molecule has 26 heavy (non-hydrogen) atoms. The number of rotatable bonds is 6. The molecular weight excluding hydrogens is 352 g/mol. The van der Waals surface area contributed by atoms with E-state index in [1.54, 1.807) is 13.8 Å². The van der Waals surface area contributed by atoms with E-state index in [1.807, 2.05) is 37.3 Å². The molecule has 1 aromatic carbocycles. The molecule has 136 valence electrons. The molecule has 0 aliphatic carbocycles. The molecule has 0 amide bonds. The van der Waals surface area contributed by atoms with Crippen LogP contribution in [0.4, 0.5) is 0 Å². The summed E-state index contributed by atoms with van der Waals surface area (Å²) in [5.41, 5.74) is 2.12. The van der Waals surface area contributed by atoms with Crippen molar-refractivity contribution in [3.8, 4) is 23.1 Å². The number of hydrogen-bond acceptors (Lipinski definition) is 5. The second-order valence-corrected chi connectivity index (χ2v) is 6.84. The van der Waals surface area contributed by atoms with Gasteiger partial charge < -0.3 is 9.47 Å². The van der Waals surface area contributed by atoms with Crippen LogP contribution in [-0.2, 0) is 16.0 Å². The van der Waals surface area contributed by atoms with Gasteiger partial charge in [-0.25, -0.2) is 4.98 Å². The molecule has 0 unspecified atom stereocenters. The molecule has 0 saturated heterocycles. The first-order valence-corrected chi connectivity index (χ1v) is 8.61. The van der Waals surface area contributed by atoms with Crippen molar-refractivity contribution in [2.75, 3.05) is 13.7 Å². The Kier molecular flexibility index (Phi) is 6.23. The number of carbonyl (C=O) groups is 1. The molecule has 2 rings (SSSR count). The summed E-state index contributed by atoms with van der Waals surface area (Å²) in [5, 5.41) is 9.40. The number of esters is 1. The van der Waals surface area contributed by atoms with Gasteiger partial charge in [-0.05, 0) is 56.2 Å². The van der Waals surface area contributed by atoms with Crippen LogP contribution in [0.15, 0.2) is 30.3 Å². The first-order chi connectivity index (χ1) is 12.3. The van der Waals surface area contributed by atoms with Gasteiger partial charge in [0.25, 0.3) is 0 Å². The third kappa shape index (κ3) is 4.33. The number of ether oxygens (including phenoxy) is 2. The van der Waals surface area contributed by atoms with E-state index in [-0.39, 0.29) is 17.7 Å². The van der Waals surface area contributed by atoms with Crippen LogP contribution in [0.1, 0.15) is 31.9 Å². The minimum atomic E-state index is -0.731. The quantitative estimate of drug-likeness (QED) is 0.554. The number of nitriles is 1. The minimum Gasteiger partial charge on any atom is -0.492 e. The van der Waals surface area contributed by atoms with Gasteiger partial charge in [0.1, 0.15) is 23.6 Å². The molecule has 5 nitrogen and oxygen atoms in total. The molecule has 1 heterocycles. The lowest BCUT2D eigenvalue weighted by atomic mass is 9.95. The molecule has 0 radical (unpaired) electrons. The Labute approximate surface area is 158 Å². The van der Waals surface area contributed by atoms with Gasteiger partial charge in [0.2, 0.25) is 0 Å². The summed E-state index contributed by atoms with van der Waals surface area (Å²) in [5.74, 6) is 0.318. The van der Waals surface area contributed by atoms with E-state index in [0.717, 1.165) is 11.1 Å². The lowest BCUT2D eigenvalue weighted by Gasteiger charge is -2.21. The van der Waals surface area contributed by atoms with E-state index in [0.29, 0.717) is 23.4 Å². The van der Waals surface area contributed by atoms with Crippen molar-refractivity contribution in [1.29, 1.82) is 5.26 Å². The Morgan fingerprint density at radius 2 is 1.96 bits per heavy atom. The number of carbonyl (C=O) groups excluding carboxylic acids is 1. The summed E-state index contributed by atoms with van der Waals surface area (Å²) >= 11 is 6.14. The lowest BCUT2D eigenvalue weighted by molar-refractivity contribution is -0.152. The van der Waals surface area contributed by atoms with E-state index < -0.39 is 5.41 Å². The van der Waals surface area contributed by atoms with Crippen molar-refractivity contribution in [3.63, 3.8) is 0 Å². The van der Waals surface area contributed by atoms with E-state index in [2.05, 4.69) is 11.1 Å². The molecule has 0 aliphatic rings. The largest absolute Gasteiger partial charge is 0.492 e. The summed E-state index contributed by atoms with van der Waals surface area (Å²) in [6.45, 7) is 5.71. The summed E-state index contributed by atoms with van der Waals surface area (Å²) in [7, 11) is 1.36. The monoisotopic (exact) mass is 372 g/mol. The van der Waals surface area contributed by atoms with Gasteiger partial charge in [0.15, 0.2) is 0 Å². The zero-order chi connectivity index (χ0) is 19.3. The van der Waals surface area contributed by atoms with Crippen LogP contribution in [0.25, 0.3) is 11.3 Å². The third-order valence-corrected chi connectivity index (χ3v) is 4.31. The Morgan fingerprint density at radius 3 is 2.50 bits per heavy atom. The van der Waals surface area contributed by atoms with Gasteiger partial charge in [-0.2, -0.15) is 5.26 Å². The number of aromatic nitrogens is 1. The Balaban J connectivity index is 2.19. The summed E-state index contributed by atoms with van der Waals surface area (Å²) in [6.07, 6.45) is 0.696. The number of nitrogens with zero attached hydrogens (tertiary/aromatic N) is 2. The Bertz CT molecular complexity index is 839. The number of aryl methyl sites for hydroxylation is 1. The molecule has 0 saturated carbocycles. The minimum absolute atomic E-state index is 0.208. The predicted octanol–water partition coefficient (Wildman–Crippen LogP) is 4.41. The average molecular weight is 373 g/mol. The fraction of sp³-hybridized carbons (Fsp3) is 0.350. The smallest absolute Gasteiger partial charge is 0.314 e. The van der Waals surface area contributed by atoms with Crippen molar-refractivity contribution in [2.24, 2.45) is 5.41 Å². The lowest BCUT2D eigenvalue weighted by Crippen LogP contribution is -2.32. The van der Waals surface area contributed by atoms with E-state index in [1.165, 1.54) is 7.11 Å². The van der Waals surface area contributed by atoms with Crippen LogP contribution in [0.3, 0.4) is 0 Å². The fourth-order valence-corrected chi connectivity index (χ4v) is 2.68. The first-order valence-electron chi connectivity index (χ1n) is 8.23. The number of hydrogen-bond donors (Lipinski definition) is 0. The van der Waals surface area contributed by atoms with E-state index in [4.69, 9.17) is 21.1 Å². The average Bonchev–Trinajstić information content (AvgIpc) is 2.65. The highest BCUT2D eigenvalue weighted by Gasteiger charge is 2.29. The maximum absolute atomic E-state index is 11.7. The number of methoxy groups -OCH3 is 1. The van der Waals surface area contributed by atoms with Crippen molar-refractivity contribution >= 4 is 17.6 Å². The number of halogens is 1. The molecule has 0 spiro atoms. The highest BCUT2D eigenvalue weighted by atomic mass is 35.5. The van der Waals surface area contributed by atoms with E-state index >= 15 is 0 Å². The standard InChI is InChI=1S/C20H21ClN2O3/c1-5-13-10-17(23-18(21)16(13)11-22)14-6-8-15(9-7-14)26-12-20(2,3)19(24)25-4/h6-10H,5,12H2,1-4H3. The normalized spacial score (nSPS) is 10.9. The molecule has 0 aliphatic heterocycles. The zero-order valence-electron chi connectivity index (χ0n) is 15.3. The summed E-state index contributed by atoms with van der Waals surface area (Å²) in [6, 6.07) is 11.3. The molecule has 0 N–H and O–H groups in total. The van der Waals surface area contributed by atoms with Crippen molar-refractivity contribution in [2.45, 2.75) is 27.2 Å². The van der Waals surface area contributed by atoms with Crippen LogP contribution >= 0.6 is 11.6 Å². The second-order valence-electron chi connectivity index (χ2n) is 6.49. The van der Waals surface area contributed by atoms with Gasteiger partial charge in [0.05, 0.1) is 23.8 Å². The highest BCUT2D eigenvalue weighted by molar-refractivity contribution is 6.30. The zero-order valence-corrected chi connectivity index (χ0v) is 16.1. The van der Waals surface area contributed by atoms with Crippen molar-refractivity contribution in [3.05, 3.63) is 46.6 Å². The van der Waals surface area contributed by atoms with Gasteiger partial charge >= 0.3 is 5.97 Å². The van der Waals surface area contributed by atoms with Crippen molar-refractivity contribution < 1.29 is 14.3 Å². The first kappa shape index (κ1) is 19.7. The van der Waals surface area contributed by atoms with Crippen LogP contribution in [0, 0.1) is 16.7 Å². The third-order valence-electron chi connectivity index (χ3n) is 4.04. The number of benzene rings is 1. The van der Waals surface area contributed by atoms with Crippen LogP contribution < -0.4 is 4.74 Å². The van der Waals surface area contributed by atoms with Gasteiger partial charge in [-0.15, -0.1) is 0 Å². The van der Waals surface area contributed by atoms with Crippen LogP contribution in [0.2, 0.25) is 5.15 Å². The Morgan fingerprint density at radius 1 is 1.31 bits per heavy atom.